The minimum Gasteiger partial charge on any atom is -0.396 e. The van der Waals surface area contributed by atoms with E-state index in [0.717, 1.165) is 30.7 Å². The molecule has 0 radical (unpaired) electrons. The monoisotopic (exact) mass is 258 g/mol. The van der Waals surface area contributed by atoms with Gasteiger partial charge >= 0.3 is 0 Å². The second kappa shape index (κ2) is 5.48. The van der Waals surface area contributed by atoms with Gasteiger partial charge in [-0.25, -0.2) is 9.97 Å². The van der Waals surface area contributed by atoms with E-state index in [1.54, 1.807) is 12.4 Å². The highest BCUT2D eigenvalue weighted by molar-refractivity contribution is 5.71. The molecule has 1 N–H and O–H groups in total. The van der Waals surface area contributed by atoms with Gasteiger partial charge in [0.1, 0.15) is 11.3 Å². The van der Waals surface area contributed by atoms with Crippen LogP contribution in [0.5, 0.6) is 0 Å². The van der Waals surface area contributed by atoms with Gasteiger partial charge in [0.05, 0.1) is 0 Å². The molecule has 0 spiro atoms. The van der Waals surface area contributed by atoms with Crippen molar-refractivity contribution in [3.05, 3.63) is 24.5 Å². The highest BCUT2D eigenvalue weighted by Gasteiger charge is 2.29. The van der Waals surface area contributed by atoms with Crippen LogP contribution in [-0.4, -0.2) is 39.3 Å². The largest absolute Gasteiger partial charge is 0.396 e. The van der Waals surface area contributed by atoms with Gasteiger partial charge in [0.15, 0.2) is 5.65 Å². The zero-order valence-electron chi connectivity index (χ0n) is 10.9. The van der Waals surface area contributed by atoms with Crippen molar-refractivity contribution < 1.29 is 5.11 Å². The fourth-order valence-electron chi connectivity index (χ4n) is 2.27. The van der Waals surface area contributed by atoms with Crippen molar-refractivity contribution in [2.24, 2.45) is 0 Å². The Bertz CT molecular complexity index is 556. The number of aromatic nitrogens is 3. The molecular weight excluding hydrogens is 240 g/mol. The van der Waals surface area contributed by atoms with E-state index in [-0.39, 0.29) is 6.61 Å². The number of hydrogen-bond donors (Lipinski definition) is 1. The van der Waals surface area contributed by atoms with Gasteiger partial charge in [-0.2, -0.15) is 0 Å². The maximum Gasteiger partial charge on any atom is 0.180 e. The molecule has 2 aromatic heterocycles. The molecular formula is C14H18N4O. The van der Waals surface area contributed by atoms with Gasteiger partial charge in [-0.05, 0) is 37.8 Å². The summed E-state index contributed by atoms with van der Waals surface area (Å²) in [6.45, 7) is 1.21. The number of hydrogen-bond acceptors (Lipinski definition) is 5. The predicted molar refractivity (Wildman–Crippen MR) is 74.0 cm³/mol. The van der Waals surface area contributed by atoms with Crippen molar-refractivity contribution in [1.29, 1.82) is 0 Å². The lowest BCUT2D eigenvalue weighted by molar-refractivity contribution is 0.285. The molecule has 1 saturated carbocycles. The molecule has 2 heterocycles. The second-order valence-corrected chi connectivity index (χ2v) is 4.92. The highest BCUT2D eigenvalue weighted by atomic mass is 16.2. The van der Waals surface area contributed by atoms with Crippen molar-refractivity contribution >= 4 is 17.0 Å². The molecule has 3 rings (SSSR count). The van der Waals surface area contributed by atoms with Crippen LogP contribution >= 0.6 is 0 Å². The third-order valence-corrected chi connectivity index (χ3v) is 3.41. The molecule has 0 bridgehead atoms. The Morgan fingerprint density at radius 2 is 2.00 bits per heavy atom. The first-order chi connectivity index (χ1) is 9.38. The number of nitrogens with zero attached hydrogens (tertiary/aromatic N) is 4. The summed E-state index contributed by atoms with van der Waals surface area (Å²) in [5.74, 6) is 0.980. The maximum absolute atomic E-state index is 8.89. The minimum atomic E-state index is 0.259. The molecule has 0 saturated heterocycles. The van der Waals surface area contributed by atoms with Crippen LogP contribution in [0.2, 0.25) is 0 Å². The van der Waals surface area contributed by atoms with Gasteiger partial charge in [0.25, 0.3) is 0 Å². The molecule has 2 aromatic rings. The van der Waals surface area contributed by atoms with E-state index >= 15 is 0 Å². The van der Waals surface area contributed by atoms with Gasteiger partial charge in [-0.15, -0.1) is 0 Å². The van der Waals surface area contributed by atoms with Gasteiger partial charge in [0.2, 0.25) is 0 Å². The van der Waals surface area contributed by atoms with E-state index in [1.165, 1.54) is 12.8 Å². The molecule has 1 fully saturated rings. The van der Waals surface area contributed by atoms with E-state index in [4.69, 9.17) is 5.11 Å². The van der Waals surface area contributed by atoms with Crippen LogP contribution in [0.3, 0.4) is 0 Å². The maximum atomic E-state index is 8.89. The second-order valence-electron chi connectivity index (χ2n) is 4.92. The van der Waals surface area contributed by atoms with E-state index in [1.807, 2.05) is 12.1 Å². The van der Waals surface area contributed by atoms with Crippen molar-refractivity contribution in [2.75, 3.05) is 18.1 Å². The van der Waals surface area contributed by atoms with E-state index in [2.05, 4.69) is 19.9 Å². The van der Waals surface area contributed by atoms with Crippen molar-refractivity contribution in [2.45, 2.75) is 31.7 Å². The summed E-state index contributed by atoms with van der Waals surface area (Å²) in [7, 11) is 0. The van der Waals surface area contributed by atoms with Crippen LogP contribution in [0.15, 0.2) is 24.5 Å². The van der Waals surface area contributed by atoms with Crippen LogP contribution in [0.4, 0.5) is 5.82 Å². The zero-order valence-corrected chi connectivity index (χ0v) is 10.9. The fraction of sp³-hybridized carbons (Fsp3) is 0.500. The fourth-order valence-corrected chi connectivity index (χ4v) is 2.27. The number of pyridine rings is 1. The molecule has 19 heavy (non-hydrogen) atoms. The minimum absolute atomic E-state index is 0.259. The SMILES string of the molecule is OCCCCN(c1ccc2nccnc2n1)C1CC1. The van der Waals surface area contributed by atoms with Gasteiger partial charge < -0.3 is 10.0 Å². The standard InChI is InChI=1S/C14H18N4O/c19-10-2-1-9-18(11-3-4-11)13-6-5-12-14(17-13)16-8-7-15-12/h5-8,11,19H,1-4,9-10H2. The summed E-state index contributed by atoms with van der Waals surface area (Å²) in [4.78, 5) is 15.4. The average molecular weight is 258 g/mol. The Morgan fingerprint density at radius 3 is 2.79 bits per heavy atom. The lowest BCUT2D eigenvalue weighted by atomic mass is 10.3. The zero-order chi connectivity index (χ0) is 13.1. The average Bonchev–Trinajstić information content (AvgIpc) is 3.28. The van der Waals surface area contributed by atoms with Crippen LogP contribution in [-0.2, 0) is 0 Å². The molecule has 5 nitrogen and oxygen atoms in total. The Labute approximate surface area is 112 Å². The molecule has 0 aromatic carbocycles. The van der Waals surface area contributed by atoms with Crippen molar-refractivity contribution in [3.63, 3.8) is 0 Å². The van der Waals surface area contributed by atoms with Crippen molar-refractivity contribution in [3.8, 4) is 0 Å². The Hall–Kier alpha value is -1.75. The van der Waals surface area contributed by atoms with Crippen LogP contribution in [0, 0.1) is 0 Å². The van der Waals surface area contributed by atoms with Crippen LogP contribution in [0.1, 0.15) is 25.7 Å². The molecule has 1 aliphatic rings. The normalized spacial score (nSPS) is 14.8. The highest BCUT2D eigenvalue weighted by Crippen LogP contribution is 2.31. The van der Waals surface area contributed by atoms with E-state index in [9.17, 15) is 0 Å². The summed E-state index contributed by atoms with van der Waals surface area (Å²) in [6, 6.07) is 4.61. The van der Waals surface area contributed by atoms with Gasteiger partial charge in [-0.3, -0.25) is 4.98 Å². The Balaban J connectivity index is 1.82. The van der Waals surface area contributed by atoms with Crippen LogP contribution in [0.25, 0.3) is 11.2 Å². The first-order valence-corrected chi connectivity index (χ1v) is 6.84. The van der Waals surface area contributed by atoms with E-state index in [0.29, 0.717) is 11.7 Å². The number of unbranched alkanes of at least 4 members (excludes halogenated alkanes) is 1. The topological polar surface area (TPSA) is 62.1 Å². The predicted octanol–water partition coefficient (Wildman–Crippen LogP) is 1.77. The summed E-state index contributed by atoms with van der Waals surface area (Å²) in [5, 5.41) is 8.89. The number of rotatable bonds is 6. The quantitative estimate of drug-likeness (QED) is 0.800. The summed E-state index contributed by atoms with van der Waals surface area (Å²) >= 11 is 0. The summed E-state index contributed by atoms with van der Waals surface area (Å²) < 4.78 is 0. The number of anilines is 1. The van der Waals surface area contributed by atoms with Crippen molar-refractivity contribution in [1.82, 2.24) is 15.0 Å². The lowest BCUT2D eigenvalue weighted by Gasteiger charge is -2.23. The molecule has 0 aliphatic heterocycles. The molecule has 5 heteroatoms. The lowest BCUT2D eigenvalue weighted by Crippen LogP contribution is -2.27. The summed E-state index contributed by atoms with van der Waals surface area (Å²) in [5.41, 5.74) is 1.53. The number of aliphatic hydroxyl groups excluding tert-OH is 1. The third kappa shape index (κ3) is 2.81. The first-order valence-electron chi connectivity index (χ1n) is 6.84. The Kier molecular flexibility index (Phi) is 3.55. The molecule has 1 aliphatic carbocycles. The molecule has 0 atom stereocenters. The first kappa shape index (κ1) is 12.3. The van der Waals surface area contributed by atoms with Gasteiger partial charge in [0, 0.05) is 31.6 Å². The Morgan fingerprint density at radius 1 is 1.16 bits per heavy atom. The molecule has 0 unspecified atom stereocenters. The van der Waals surface area contributed by atoms with E-state index < -0.39 is 0 Å². The third-order valence-electron chi connectivity index (χ3n) is 3.41. The van der Waals surface area contributed by atoms with Gasteiger partial charge in [-0.1, -0.05) is 0 Å². The van der Waals surface area contributed by atoms with Crippen LogP contribution < -0.4 is 4.90 Å². The smallest absolute Gasteiger partial charge is 0.180 e. The number of aliphatic hydroxyl groups is 1. The molecule has 100 valence electrons. The summed E-state index contributed by atoms with van der Waals surface area (Å²) in [6.07, 6.45) is 7.67. The molecule has 0 amide bonds. The number of fused-ring (bicyclic) bond motifs is 1.